The van der Waals surface area contributed by atoms with Gasteiger partial charge in [-0.15, -0.1) is 0 Å². The van der Waals surface area contributed by atoms with Gasteiger partial charge in [0.25, 0.3) is 0 Å². The minimum Gasteiger partial charge on any atom is -0.316 e. The van der Waals surface area contributed by atoms with Gasteiger partial charge in [0.1, 0.15) is 0 Å². The molecular weight excluding hydrogens is 218 g/mol. The molecule has 5 nitrogen and oxygen atoms in total. The summed E-state index contributed by atoms with van der Waals surface area (Å²) in [6, 6.07) is 0. The molecule has 0 spiro atoms. The summed E-state index contributed by atoms with van der Waals surface area (Å²) in [7, 11) is 0. The van der Waals surface area contributed by atoms with Crippen LogP contribution in [-0.2, 0) is 9.59 Å². The largest absolute Gasteiger partial charge is 0.316 e. The highest BCUT2D eigenvalue weighted by Gasteiger charge is 2.15. The van der Waals surface area contributed by atoms with Crippen molar-refractivity contribution in [2.75, 3.05) is 13.1 Å². The Balaban J connectivity index is 3.59. The molecule has 0 fully saturated rings. The first-order chi connectivity index (χ1) is 7.85. The molecule has 0 aromatic heterocycles. The van der Waals surface area contributed by atoms with E-state index in [2.05, 4.69) is 23.1 Å². The maximum Gasteiger partial charge on any atom is 0.239 e. The van der Waals surface area contributed by atoms with Crippen molar-refractivity contribution >= 4 is 11.8 Å². The van der Waals surface area contributed by atoms with E-state index >= 15 is 0 Å². The van der Waals surface area contributed by atoms with Crippen LogP contribution in [0.3, 0.4) is 0 Å². The average molecular weight is 243 g/mol. The molecule has 17 heavy (non-hydrogen) atoms. The quantitative estimate of drug-likeness (QED) is 0.481. The van der Waals surface area contributed by atoms with Crippen LogP contribution in [0.5, 0.6) is 0 Å². The summed E-state index contributed by atoms with van der Waals surface area (Å²) in [4.78, 5) is 22.7. The number of hydrogen-bond acceptors (Lipinski definition) is 3. The molecule has 0 heterocycles. The van der Waals surface area contributed by atoms with Crippen LogP contribution in [0.4, 0.5) is 0 Å². The van der Waals surface area contributed by atoms with Crippen molar-refractivity contribution in [3.63, 3.8) is 0 Å². The fourth-order valence-corrected chi connectivity index (χ4v) is 1.23. The molecule has 0 bridgehead atoms. The number of hydrazine groups is 1. The number of carbonyl (C=O) groups excluding carboxylic acids is 2. The number of rotatable bonds is 6. The van der Waals surface area contributed by atoms with E-state index in [1.165, 1.54) is 0 Å². The van der Waals surface area contributed by atoms with Crippen molar-refractivity contribution < 1.29 is 9.59 Å². The SMILES string of the molecule is CCCNCCC(=O)NNC(=O)CC(C)(C)C. The lowest BCUT2D eigenvalue weighted by atomic mass is 9.92. The Morgan fingerprint density at radius 3 is 2.12 bits per heavy atom. The number of hydrogen-bond donors (Lipinski definition) is 3. The molecule has 0 rings (SSSR count). The van der Waals surface area contributed by atoms with Crippen molar-refractivity contribution in [1.29, 1.82) is 0 Å². The van der Waals surface area contributed by atoms with Gasteiger partial charge in [-0.25, -0.2) is 0 Å². The highest BCUT2D eigenvalue weighted by molar-refractivity contribution is 5.82. The molecule has 0 radical (unpaired) electrons. The Hall–Kier alpha value is -1.10. The molecule has 0 saturated heterocycles. The Bertz CT molecular complexity index is 247. The molecular formula is C12H25N3O2. The zero-order valence-electron chi connectivity index (χ0n) is 11.4. The van der Waals surface area contributed by atoms with Crippen LogP contribution >= 0.6 is 0 Å². The van der Waals surface area contributed by atoms with E-state index in [-0.39, 0.29) is 17.2 Å². The van der Waals surface area contributed by atoms with Crippen LogP contribution in [-0.4, -0.2) is 24.9 Å². The minimum absolute atomic E-state index is 0.0719. The molecule has 0 unspecified atom stereocenters. The first-order valence-corrected chi connectivity index (χ1v) is 6.13. The van der Waals surface area contributed by atoms with Gasteiger partial charge in [0, 0.05) is 19.4 Å². The standard InChI is InChI=1S/C12H25N3O2/c1-5-7-13-8-6-10(16)14-15-11(17)9-12(2,3)4/h13H,5-9H2,1-4H3,(H,14,16)(H,15,17). The van der Waals surface area contributed by atoms with Gasteiger partial charge in [0.05, 0.1) is 0 Å². The lowest BCUT2D eigenvalue weighted by Gasteiger charge is -2.17. The topological polar surface area (TPSA) is 70.2 Å². The van der Waals surface area contributed by atoms with Crippen LogP contribution in [0, 0.1) is 5.41 Å². The second kappa shape index (κ2) is 8.06. The molecule has 0 atom stereocenters. The zero-order valence-corrected chi connectivity index (χ0v) is 11.4. The Kier molecular flexibility index (Phi) is 7.54. The van der Waals surface area contributed by atoms with Gasteiger partial charge in [-0.05, 0) is 18.4 Å². The maximum atomic E-state index is 11.4. The summed E-state index contributed by atoms with van der Waals surface area (Å²) < 4.78 is 0. The van der Waals surface area contributed by atoms with E-state index in [1.807, 2.05) is 20.8 Å². The van der Waals surface area contributed by atoms with E-state index in [1.54, 1.807) is 0 Å². The van der Waals surface area contributed by atoms with Gasteiger partial charge < -0.3 is 5.32 Å². The van der Waals surface area contributed by atoms with Gasteiger partial charge >= 0.3 is 0 Å². The van der Waals surface area contributed by atoms with Crippen LogP contribution in [0.1, 0.15) is 47.0 Å². The molecule has 5 heteroatoms. The summed E-state index contributed by atoms with van der Waals surface area (Å²) in [6.45, 7) is 9.54. The first-order valence-electron chi connectivity index (χ1n) is 6.13. The number of nitrogens with one attached hydrogen (secondary N) is 3. The van der Waals surface area contributed by atoms with E-state index in [4.69, 9.17) is 0 Å². The third-order valence-electron chi connectivity index (χ3n) is 1.99. The van der Waals surface area contributed by atoms with Gasteiger partial charge in [-0.1, -0.05) is 27.7 Å². The molecule has 0 saturated carbocycles. The molecule has 0 aromatic rings. The average Bonchev–Trinajstić information content (AvgIpc) is 2.19. The van der Waals surface area contributed by atoms with Crippen molar-refractivity contribution in [3.8, 4) is 0 Å². The molecule has 0 aromatic carbocycles. The second-order valence-corrected chi connectivity index (χ2v) is 5.33. The third kappa shape index (κ3) is 11.2. The summed E-state index contributed by atoms with van der Waals surface area (Å²) >= 11 is 0. The Labute approximate surface area is 104 Å². The summed E-state index contributed by atoms with van der Waals surface area (Å²) in [5, 5.41) is 3.12. The van der Waals surface area contributed by atoms with Crippen molar-refractivity contribution in [2.45, 2.75) is 47.0 Å². The fourth-order valence-electron chi connectivity index (χ4n) is 1.23. The molecule has 0 aliphatic rings. The molecule has 100 valence electrons. The fraction of sp³-hybridized carbons (Fsp3) is 0.833. The van der Waals surface area contributed by atoms with Crippen LogP contribution < -0.4 is 16.2 Å². The van der Waals surface area contributed by atoms with Crippen LogP contribution in [0.25, 0.3) is 0 Å². The van der Waals surface area contributed by atoms with E-state index < -0.39 is 0 Å². The van der Waals surface area contributed by atoms with Crippen LogP contribution in [0.2, 0.25) is 0 Å². The molecule has 3 N–H and O–H groups in total. The Morgan fingerprint density at radius 1 is 1.00 bits per heavy atom. The third-order valence-corrected chi connectivity index (χ3v) is 1.99. The number of carbonyl (C=O) groups is 2. The summed E-state index contributed by atoms with van der Waals surface area (Å²) in [6.07, 6.45) is 1.81. The monoisotopic (exact) mass is 243 g/mol. The highest BCUT2D eigenvalue weighted by Crippen LogP contribution is 2.17. The molecule has 0 aliphatic heterocycles. The lowest BCUT2D eigenvalue weighted by molar-refractivity contribution is -0.129. The first kappa shape index (κ1) is 15.9. The van der Waals surface area contributed by atoms with Crippen molar-refractivity contribution in [2.24, 2.45) is 5.41 Å². The smallest absolute Gasteiger partial charge is 0.239 e. The van der Waals surface area contributed by atoms with Gasteiger partial charge in [0.2, 0.25) is 11.8 Å². The number of amides is 2. The van der Waals surface area contributed by atoms with Gasteiger partial charge in [-0.2, -0.15) is 0 Å². The normalized spacial score (nSPS) is 11.1. The predicted octanol–water partition coefficient (Wildman–Crippen LogP) is 0.960. The highest BCUT2D eigenvalue weighted by atomic mass is 16.2. The van der Waals surface area contributed by atoms with Crippen LogP contribution in [0.15, 0.2) is 0 Å². The van der Waals surface area contributed by atoms with E-state index in [9.17, 15) is 9.59 Å². The minimum atomic E-state index is -0.170. The van der Waals surface area contributed by atoms with E-state index in [0.717, 1.165) is 13.0 Å². The Morgan fingerprint density at radius 2 is 1.59 bits per heavy atom. The lowest BCUT2D eigenvalue weighted by Crippen LogP contribution is -2.43. The summed E-state index contributed by atoms with van der Waals surface area (Å²) in [5.74, 6) is -0.330. The zero-order chi connectivity index (χ0) is 13.3. The second-order valence-electron chi connectivity index (χ2n) is 5.33. The molecule has 2 amide bonds. The predicted molar refractivity (Wildman–Crippen MR) is 68.1 cm³/mol. The molecule has 0 aliphatic carbocycles. The summed E-state index contributed by atoms with van der Waals surface area (Å²) in [5.41, 5.74) is 4.75. The van der Waals surface area contributed by atoms with Gasteiger partial charge in [-0.3, -0.25) is 20.4 Å². The van der Waals surface area contributed by atoms with E-state index in [0.29, 0.717) is 19.4 Å². The van der Waals surface area contributed by atoms with Crippen molar-refractivity contribution in [1.82, 2.24) is 16.2 Å². The maximum absolute atomic E-state index is 11.4. The van der Waals surface area contributed by atoms with Crippen molar-refractivity contribution in [3.05, 3.63) is 0 Å². The van der Waals surface area contributed by atoms with Gasteiger partial charge in [0.15, 0.2) is 0 Å².